The molecule has 0 unspecified atom stereocenters. The van der Waals surface area contributed by atoms with Gasteiger partial charge in [-0.15, -0.1) is 0 Å². The van der Waals surface area contributed by atoms with Crippen LogP contribution in [0, 0.1) is 6.92 Å². The summed E-state index contributed by atoms with van der Waals surface area (Å²) in [7, 11) is 2.98. The van der Waals surface area contributed by atoms with E-state index in [-0.39, 0.29) is 28.2 Å². The second-order valence-electron chi connectivity index (χ2n) is 10.2. The average molecular weight is 631 g/mol. The molecule has 0 aliphatic heterocycles. The van der Waals surface area contributed by atoms with Gasteiger partial charge in [-0.1, -0.05) is 48.5 Å². The summed E-state index contributed by atoms with van der Waals surface area (Å²) in [5.41, 5.74) is 2.30. The molecular formula is C37H30N2O8. The van der Waals surface area contributed by atoms with Crippen molar-refractivity contribution >= 4 is 35.1 Å². The molecule has 5 aromatic carbocycles. The highest BCUT2D eigenvalue weighted by Crippen LogP contribution is 2.34. The molecule has 0 aliphatic carbocycles. The van der Waals surface area contributed by atoms with E-state index >= 15 is 0 Å². The van der Waals surface area contributed by atoms with Crippen LogP contribution in [-0.4, -0.2) is 38.0 Å². The van der Waals surface area contributed by atoms with Gasteiger partial charge in [0.1, 0.15) is 0 Å². The first-order valence-electron chi connectivity index (χ1n) is 14.4. The van der Waals surface area contributed by atoms with Gasteiger partial charge in [0.25, 0.3) is 11.8 Å². The van der Waals surface area contributed by atoms with Gasteiger partial charge < -0.3 is 29.6 Å². The lowest BCUT2D eigenvalue weighted by atomic mass is 10.1. The number of carbonyl (C=O) groups excluding carboxylic acids is 4. The molecular weight excluding hydrogens is 600 g/mol. The van der Waals surface area contributed by atoms with Crippen molar-refractivity contribution in [2.75, 3.05) is 24.9 Å². The Balaban J connectivity index is 1.42. The number of hydrogen-bond acceptors (Lipinski definition) is 8. The fourth-order valence-electron chi connectivity index (χ4n) is 4.54. The van der Waals surface area contributed by atoms with E-state index in [4.69, 9.17) is 18.9 Å². The molecule has 47 heavy (non-hydrogen) atoms. The van der Waals surface area contributed by atoms with Crippen LogP contribution in [-0.2, 0) is 0 Å². The zero-order chi connectivity index (χ0) is 33.3. The minimum Gasteiger partial charge on any atom is -0.493 e. The van der Waals surface area contributed by atoms with E-state index in [1.54, 1.807) is 97.1 Å². The van der Waals surface area contributed by atoms with Crippen molar-refractivity contribution in [2.45, 2.75) is 6.92 Å². The summed E-state index contributed by atoms with van der Waals surface area (Å²) < 4.78 is 21.8. The molecule has 0 saturated heterocycles. The number of ether oxygens (including phenoxy) is 4. The number of esters is 2. The van der Waals surface area contributed by atoms with Crippen LogP contribution in [0.5, 0.6) is 23.0 Å². The Kier molecular flexibility index (Phi) is 9.92. The minimum absolute atomic E-state index is 0.0656. The van der Waals surface area contributed by atoms with Crippen LogP contribution in [0.4, 0.5) is 11.4 Å². The number of hydrogen-bond donors (Lipinski definition) is 2. The van der Waals surface area contributed by atoms with Crippen LogP contribution in [0.25, 0.3) is 0 Å². The Bertz CT molecular complexity index is 1940. The summed E-state index contributed by atoms with van der Waals surface area (Å²) in [5.74, 6) is -1.98. The Morgan fingerprint density at radius 1 is 0.532 bits per heavy atom. The number of carbonyl (C=O) groups is 4. The lowest BCUT2D eigenvalue weighted by Crippen LogP contribution is -2.18. The van der Waals surface area contributed by atoms with Crippen LogP contribution >= 0.6 is 0 Å². The molecule has 0 saturated carbocycles. The first kappa shape index (κ1) is 32.0. The van der Waals surface area contributed by atoms with Crippen molar-refractivity contribution in [3.63, 3.8) is 0 Å². The lowest BCUT2D eigenvalue weighted by Gasteiger charge is -2.16. The van der Waals surface area contributed by atoms with Gasteiger partial charge >= 0.3 is 11.9 Å². The van der Waals surface area contributed by atoms with Gasteiger partial charge in [-0.05, 0) is 79.2 Å². The largest absolute Gasteiger partial charge is 0.493 e. The standard InChI is InChI=1S/C37H30N2O8/c1-23-17-19-27(22-29(23)39-34(40)26-18-20-30(44-2)32(21-26)45-3)38-35(41)28-15-10-16-31(46-36(42)24-11-6-4-7-12-24)33(28)47-37(43)25-13-8-5-9-14-25/h4-22H,1-3H3,(H,38,41)(H,39,40). The third kappa shape index (κ3) is 7.63. The van der Waals surface area contributed by atoms with Crippen molar-refractivity contribution in [1.29, 1.82) is 0 Å². The van der Waals surface area contributed by atoms with Gasteiger partial charge in [0.15, 0.2) is 23.0 Å². The highest BCUT2D eigenvalue weighted by atomic mass is 16.6. The first-order valence-corrected chi connectivity index (χ1v) is 14.4. The number of nitrogens with one attached hydrogen (secondary N) is 2. The zero-order valence-electron chi connectivity index (χ0n) is 25.7. The maximum Gasteiger partial charge on any atom is 0.343 e. The predicted octanol–water partition coefficient (Wildman–Crippen LogP) is 6.96. The van der Waals surface area contributed by atoms with Crippen LogP contribution in [0.3, 0.4) is 0 Å². The molecule has 2 N–H and O–H groups in total. The van der Waals surface area contributed by atoms with Gasteiger partial charge in [0, 0.05) is 16.9 Å². The molecule has 10 nitrogen and oxygen atoms in total. The van der Waals surface area contributed by atoms with Gasteiger partial charge in [0.05, 0.1) is 30.9 Å². The molecule has 0 heterocycles. The molecule has 0 fully saturated rings. The van der Waals surface area contributed by atoms with E-state index in [1.165, 1.54) is 32.4 Å². The third-order valence-electron chi connectivity index (χ3n) is 7.03. The normalized spacial score (nSPS) is 10.4. The van der Waals surface area contributed by atoms with Gasteiger partial charge in [0.2, 0.25) is 0 Å². The molecule has 0 spiro atoms. The minimum atomic E-state index is -0.752. The summed E-state index contributed by atoms with van der Waals surface area (Å²) in [6, 6.07) is 30.6. The monoisotopic (exact) mass is 630 g/mol. The number of para-hydroxylation sites is 1. The van der Waals surface area contributed by atoms with Crippen LogP contribution in [0.2, 0.25) is 0 Å². The maximum absolute atomic E-state index is 13.7. The average Bonchev–Trinajstić information content (AvgIpc) is 3.10. The summed E-state index contributed by atoms with van der Waals surface area (Å²) >= 11 is 0. The Hall–Kier alpha value is -6.42. The molecule has 0 aliphatic rings. The summed E-state index contributed by atoms with van der Waals surface area (Å²) in [6.07, 6.45) is 0. The molecule has 0 bridgehead atoms. The maximum atomic E-state index is 13.7. The van der Waals surface area contributed by atoms with E-state index in [9.17, 15) is 19.2 Å². The molecule has 10 heteroatoms. The van der Waals surface area contributed by atoms with Crippen molar-refractivity contribution in [1.82, 2.24) is 0 Å². The Labute approximate surface area is 270 Å². The molecule has 0 aromatic heterocycles. The fourth-order valence-corrected chi connectivity index (χ4v) is 4.54. The van der Waals surface area contributed by atoms with Crippen molar-refractivity contribution < 1.29 is 38.1 Å². The number of rotatable bonds is 10. The van der Waals surface area contributed by atoms with Crippen LogP contribution in [0.1, 0.15) is 47.0 Å². The molecule has 0 radical (unpaired) electrons. The highest BCUT2D eigenvalue weighted by molar-refractivity contribution is 6.09. The smallest absolute Gasteiger partial charge is 0.343 e. The quantitative estimate of drug-likeness (QED) is 0.125. The van der Waals surface area contributed by atoms with E-state index in [0.717, 1.165) is 5.56 Å². The topological polar surface area (TPSA) is 129 Å². The SMILES string of the molecule is COc1ccc(C(=O)Nc2cc(NC(=O)c3cccc(OC(=O)c4ccccc4)c3OC(=O)c3ccccc3)ccc2C)cc1OC. The summed E-state index contributed by atoms with van der Waals surface area (Å²) in [5, 5.41) is 5.64. The zero-order valence-corrected chi connectivity index (χ0v) is 25.7. The summed E-state index contributed by atoms with van der Waals surface area (Å²) in [6.45, 7) is 1.81. The molecule has 0 atom stereocenters. The van der Waals surface area contributed by atoms with Crippen molar-refractivity contribution in [3.05, 3.63) is 143 Å². The van der Waals surface area contributed by atoms with Crippen LogP contribution < -0.4 is 29.6 Å². The van der Waals surface area contributed by atoms with E-state index < -0.39 is 23.8 Å². The van der Waals surface area contributed by atoms with E-state index in [1.807, 2.05) is 6.92 Å². The number of amides is 2. The van der Waals surface area contributed by atoms with Crippen molar-refractivity contribution in [2.24, 2.45) is 0 Å². The summed E-state index contributed by atoms with van der Waals surface area (Å²) in [4.78, 5) is 52.8. The lowest BCUT2D eigenvalue weighted by molar-refractivity contribution is 0.0679. The molecule has 5 aromatic rings. The predicted molar refractivity (Wildman–Crippen MR) is 176 cm³/mol. The fraction of sp³-hybridized carbons (Fsp3) is 0.0811. The molecule has 2 amide bonds. The third-order valence-corrected chi connectivity index (χ3v) is 7.03. The van der Waals surface area contributed by atoms with Crippen LogP contribution in [0.15, 0.2) is 115 Å². The van der Waals surface area contributed by atoms with Gasteiger partial charge in [-0.2, -0.15) is 0 Å². The molecule has 5 rings (SSSR count). The number of anilines is 2. The second-order valence-corrected chi connectivity index (χ2v) is 10.2. The van der Waals surface area contributed by atoms with Gasteiger partial charge in [-0.25, -0.2) is 9.59 Å². The Morgan fingerprint density at radius 2 is 1.17 bits per heavy atom. The first-order chi connectivity index (χ1) is 22.8. The number of aryl methyl sites for hydroxylation is 1. The molecule has 236 valence electrons. The highest BCUT2D eigenvalue weighted by Gasteiger charge is 2.24. The van der Waals surface area contributed by atoms with E-state index in [2.05, 4.69) is 10.6 Å². The number of benzene rings is 5. The van der Waals surface area contributed by atoms with Gasteiger partial charge in [-0.3, -0.25) is 9.59 Å². The van der Waals surface area contributed by atoms with Crippen molar-refractivity contribution in [3.8, 4) is 23.0 Å². The van der Waals surface area contributed by atoms with E-state index in [0.29, 0.717) is 28.4 Å². The second kappa shape index (κ2) is 14.6. The number of methoxy groups -OCH3 is 2. The Morgan fingerprint density at radius 3 is 1.81 bits per heavy atom.